The summed E-state index contributed by atoms with van der Waals surface area (Å²) in [5, 5.41) is 21.6. The maximum Gasteiger partial charge on any atom is 0.328 e. The number of benzene rings is 1. The number of non-ortho nitro benzene ring substituents is 1. The number of nitro groups is 2. The standard InChI is InChI=1S/C13H14N2O8/c1-4-22-11(16)13(2,3)12(17)23-10-6-5-8(14(18)19)7-9(10)15(20)21/h5-7H,4H2,1-3H3. The van der Waals surface area contributed by atoms with Crippen LogP contribution in [-0.2, 0) is 14.3 Å². The Kier molecular flexibility index (Phi) is 5.34. The molecule has 0 aliphatic heterocycles. The molecule has 0 fully saturated rings. The quantitative estimate of drug-likeness (QED) is 0.254. The van der Waals surface area contributed by atoms with Crippen molar-refractivity contribution < 1.29 is 28.9 Å². The van der Waals surface area contributed by atoms with Crippen LogP contribution in [0.3, 0.4) is 0 Å². The van der Waals surface area contributed by atoms with E-state index in [1.807, 2.05) is 0 Å². The summed E-state index contributed by atoms with van der Waals surface area (Å²) in [4.78, 5) is 43.6. The average Bonchev–Trinajstić information content (AvgIpc) is 2.47. The molecule has 0 N–H and O–H groups in total. The SMILES string of the molecule is CCOC(=O)C(C)(C)C(=O)Oc1ccc([N+](=O)[O-])cc1[N+](=O)[O-]. The molecule has 0 radical (unpaired) electrons. The zero-order valence-corrected chi connectivity index (χ0v) is 12.6. The molecule has 124 valence electrons. The second kappa shape index (κ2) is 6.81. The van der Waals surface area contributed by atoms with Crippen molar-refractivity contribution in [3.63, 3.8) is 0 Å². The van der Waals surface area contributed by atoms with Crippen molar-refractivity contribution in [2.75, 3.05) is 6.61 Å². The summed E-state index contributed by atoms with van der Waals surface area (Å²) in [6.07, 6.45) is 0. The molecule has 0 unspecified atom stereocenters. The number of carbonyl (C=O) groups excluding carboxylic acids is 2. The maximum absolute atomic E-state index is 12.1. The largest absolute Gasteiger partial charge is 0.465 e. The summed E-state index contributed by atoms with van der Waals surface area (Å²) in [7, 11) is 0. The molecule has 0 amide bonds. The van der Waals surface area contributed by atoms with E-state index in [2.05, 4.69) is 0 Å². The third-order valence-electron chi connectivity index (χ3n) is 2.85. The highest BCUT2D eigenvalue weighted by molar-refractivity contribution is 6.00. The van der Waals surface area contributed by atoms with E-state index >= 15 is 0 Å². The average molecular weight is 326 g/mol. The monoisotopic (exact) mass is 326 g/mol. The van der Waals surface area contributed by atoms with Crippen LogP contribution in [0.2, 0.25) is 0 Å². The predicted molar refractivity (Wildman–Crippen MR) is 75.8 cm³/mol. The van der Waals surface area contributed by atoms with Crippen LogP contribution in [0.25, 0.3) is 0 Å². The van der Waals surface area contributed by atoms with Gasteiger partial charge in [-0.1, -0.05) is 0 Å². The van der Waals surface area contributed by atoms with E-state index in [1.54, 1.807) is 6.92 Å². The van der Waals surface area contributed by atoms with E-state index in [-0.39, 0.29) is 6.61 Å². The molecule has 0 atom stereocenters. The Morgan fingerprint density at radius 2 is 1.74 bits per heavy atom. The smallest absolute Gasteiger partial charge is 0.328 e. The van der Waals surface area contributed by atoms with Gasteiger partial charge in [0.05, 0.1) is 22.5 Å². The van der Waals surface area contributed by atoms with Gasteiger partial charge in [0.1, 0.15) is 0 Å². The molecule has 0 spiro atoms. The number of carbonyl (C=O) groups is 2. The van der Waals surface area contributed by atoms with Gasteiger partial charge in [-0.15, -0.1) is 0 Å². The highest BCUT2D eigenvalue weighted by Crippen LogP contribution is 2.33. The van der Waals surface area contributed by atoms with Gasteiger partial charge in [0.15, 0.2) is 5.41 Å². The van der Waals surface area contributed by atoms with Gasteiger partial charge in [0.25, 0.3) is 5.69 Å². The van der Waals surface area contributed by atoms with Crippen LogP contribution in [0, 0.1) is 25.6 Å². The zero-order valence-electron chi connectivity index (χ0n) is 12.6. The number of hydrogen-bond donors (Lipinski definition) is 0. The fourth-order valence-corrected chi connectivity index (χ4v) is 1.47. The van der Waals surface area contributed by atoms with E-state index in [9.17, 15) is 29.8 Å². The van der Waals surface area contributed by atoms with Gasteiger partial charge >= 0.3 is 17.6 Å². The van der Waals surface area contributed by atoms with Gasteiger partial charge in [0, 0.05) is 6.07 Å². The topological polar surface area (TPSA) is 139 Å². The molecule has 0 saturated heterocycles. The highest BCUT2D eigenvalue weighted by atomic mass is 16.6. The third-order valence-corrected chi connectivity index (χ3v) is 2.85. The number of nitro benzene ring substituents is 2. The Morgan fingerprint density at radius 1 is 1.13 bits per heavy atom. The van der Waals surface area contributed by atoms with Crippen LogP contribution in [0.15, 0.2) is 18.2 Å². The molecule has 1 aromatic rings. The predicted octanol–water partition coefficient (Wildman–Crippen LogP) is 2.00. The lowest BCUT2D eigenvalue weighted by Gasteiger charge is -2.19. The summed E-state index contributed by atoms with van der Waals surface area (Å²) >= 11 is 0. The minimum atomic E-state index is -1.69. The zero-order chi connectivity index (χ0) is 17.8. The maximum atomic E-state index is 12.1. The van der Waals surface area contributed by atoms with Crippen LogP contribution in [0.1, 0.15) is 20.8 Å². The van der Waals surface area contributed by atoms with Crippen LogP contribution >= 0.6 is 0 Å². The van der Waals surface area contributed by atoms with E-state index < -0.39 is 44.3 Å². The summed E-state index contributed by atoms with van der Waals surface area (Å²) in [5.41, 5.74) is -2.97. The number of ether oxygens (including phenoxy) is 2. The Morgan fingerprint density at radius 3 is 2.22 bits per heavy atom. The van der Waals surface area contributed by atoms with E-state index in [0.717, 1.165) is 12.1 Å². The first-order valence-corrected chi connectivity index (χ1v) is 6.43. The molecular formula is C13H14N2O8. The van der Waals surface area contributed by atoms with Crippen molar-refractivity contribution in [1.82, 2.24) is 0 Å². The Balaban J connectivity index is 3.13. The molecule has 0 aliphatic rings. The van der Waals surface area contributed by atoms with Crippen molar-refractivity contribution in [2.45, 2.75) is 20.8 Å². The van der Waals surface area contributed by atoms with Gasteiger partial charge in [-0.05, 0) is 26.8 Å². The lowest BCUT2D eigenvalue weighted by Crippen LogP contribution is -2.38. The van der Waals surface area contributed by atoms with Gasteiger partial charge < -0.3 is 9.47 Å². The van der Waals surface area contributed by atoms with Crippen molar-refractivity contribution in [3.05, 3.63) is 38.4 Å². The molecule has 10 nitrogen and oxygen atoms in total. The number of rotatable bonds is 6. The lowest BCUT2D eigenvalue weighted by atomic mass is 9.94. The molecule has 0 saturated carbocycles. The summed E-state index contributed by atoms with van der Waals surface area (Å²) in [5.74, 6) is -2.43. The summed E-state index contributed by atoms with van der Waals surface area (Å²) < 4.78 is 9.60. The molecule has 10 heteroatoms. The van der Waals surface area contributed by atoms with Crippen molar-refractivity contribution in [3.8, 4) is 5.75 Å². The van der Waals surface area contributed by atoms with Gasteiger partial charge in [-0.25, -0.2) is 0 Å². The first kappa shape index (κ1) is 18.0. The molecule has 23 heavy (non-hydrogen) atoms. The first-order valence-electron chi connectivity index (χ1n) is 6.43. The molecule has 0 aromatic heterocycles. The van der Waals surface area contributed by atoms with Gasteiger partial charge in [0.2, 0.25) is 5.75 Å². The fraction of sp³-hybridized carbons (Fsp3) is 0.385. The molecule has 0 aliphatic carbocycles. The molecule has 0 bridgehead atoms. The highest BCUT2D eigenvalue weighted by Gasteiger charge is 2.40. The Bertz CT molecular complexity index is 668. The van der Waals surface area contributed by atoms with E-state index in [0.29, 0.717) is 6.07 Å². The minimum Gasteiger partial charge on any atom is -0.465 e. The Labute approximate surface area is 130 Å². The van der Waals surface area contributed by atoms with Crippen LogP contribution in [-0.4, -0.2) is 28.4 Å². The second-order valence-corrected chi connectivity index (χ2v) is 4.90. The van der Waals surface area contributed by atoms with Crippen molar-refractivity contribution >= 4 is 23.3 Å². The van der Waals surface area contributed by atoms with Crippen LogP contribution in [0.5, 0.6) is 5.75 Å². The molecule has 0 heterocycles. The van der Waals surface area contributed by atoms with Gasteiger partial charge in [-0.2, -0.15) is 0 Å². The van der Waals surface area contributed by atoms with Gasteiger partial charge in [-0.3, -0.25) is 29.8 Å². The number of esters is 2. The molecular weight excluding hydrogens is 312 g/mol. The van der Waals surface area contributed by atoms with Crippen molar-refractivity contribution in [1.29, 1.82) is 0 Å². The minimum absolute atomic E-state index is 0.0488. The van der Waals surface area contributed by atoms with Crippen molar-refractivity contribution in [2.24, 2.45) is 5.41 Å². The second-order valence-electron chi connectivity index (χ2n) is 4.90. The summed E-state index contributed by atoms with van der Waals surface area (Å²) in [6.45, 7) is 4.09. The fourth-order valence-electron chi connectivity index (χ4n) is 1.47. The Hall–Kier alpha value is -3.04. The third kappa shape index (κ3) is 3.99. The molecule has 1 rings (SSSR count). The number of nitrogens with zero attached hydrogens (tertiary/aromatic N) is 2. The number of hydrogen-bond acceptors (Lipinski definition) is 8. The lowest BCUT2D eigenvalue weighted by molar-refractivity contribution is -0.394. The summed E-state index contributed by atoms with van der Waals surface area (Å²) in [6, 6.07) is 2.54. The van der Waals surface area contributed by atoms with E-state index in [4.69, 9.17) is 9.47 Å². The first-order chi connectivity index (χ1) is 10.6. The van der Waals surface area contributed by atoms with Crippen LogP contribution in [0.4, 0.5) is 11.4 Å². The molecule has 1 aromatic carbocycles. The van der Waals surface area contributed by atoms with Crippen LogP contribution < -0.4 is 4.74 Å². The normalized spacial score (nSPS) is 10.7. The van der Waals surface area contributed by atoms with E-state index in [1.165, 1.54) is 13.8 Å².